The van der Waals surface area contributed by atoms with Crippen LogP contribution in [0.1, 0.15) is 53.8 Å². The summed E-state index contributed by atoms with van der Waals surface area (Å²) < 4.78 is 18.5. The van der Waals surface area contributed by atoms with Gasteiger partial charge in [0.25, 0.3) is 5.91 Å². The number of amides is 2. The molecule has 0 radical (unpaired) electrons. The molecule has 2 rings (SSSR count). The van der Waals surface area contributed by atoms with Crippen molar-refractivity contribution in [3.63, 3.8) is 0 Å². The van der Waals surface area contributed by atoms with Crippen LogP contribution >= 0.6 is 0 Å². The topological polar surface area (TPSA) is 84.5 Å². The lowest BCUT2D eigenvalue weighted by atomic mass is 10.1. The molecule has 2 aromatic rings. The van der Waals surface area contributed by atoms with Crippen LogP contribution < -0.4 is 15.6 Å². The SMILES string of the molecule is CC(C)CCOc1ccc(C(=O)NNC(=O)CCC(=O)c2ccc(F)cc2)cc1. The van der Waals surface area contributed by atoms with Gasteiger partial charge in [-0.2, -0.15) is 0 Å². The van der Waals surface area contributed by atoms with Crippen LogP contribution in [0.5, 0.6) is 5.75 Å². The normalized spacial score (nSPS) is 10.5. The van der Waals surface area contributed by atoms with E-state index in [0.717, 1.165) is 6.42 Å². The summed E-state index contributed by atoms with van der Waals surface area (Å²) in [6, 6.07) is 11.7. The summed E-state index contributed by atoms with van der Waals surface area (Å²) >= 11 is 0. The van der Waals surface area contributed by atoms with Crippen LogP contribution in [0.2, 0.25) is 0 Å². The quantitative estimate of drug-likeness (QED) is 0.497. The van der Waals surface area contributed by atoms with Gasteiger partial charge in [0, 0.05) is 24.0 Å². The minimum absolute atomic E-state index is 0.0459. The molecule has 2 aromatic carbocycles. The zero-order chi connectivity index (χ0) is 21.2. The van der Waals surface area contributed by atoms with E-state index in [1.54, 1.807) is 24.3 Å². The molecule has 0 bridgehead atoms. The second kappa shape index (κ2) is 10.9. The summed E-state index contributed by atoms with van der Waals surface area (Å²) in [4.78, 5) is 35.9. The monoisotopic (exact) mass is 400 g/mol. The summed E-state index contributed by atoms with van der Waals surface area (Å²) in [6.07, 6.45) is 0.798. The lowest BCUT2D eigenvalue weighted by Crippen LogP contribution is -2.41. The summed E-state index contributed by atoms with van der Waals surface area (Å²) in [7, 11) is 0. The van der Waals surface area contributed by atoms with Gasteiger partial charge in [0.1, 0.15) is 11.6 Å². The number of benzene rings is 2. The van der Waals surface area contributed by atoms with Gasteiger partial charge in [-0.3, -0.25) is 25.2 Å². The van der Waals surface area contributed by atoms with Crippen molar-refractivity contribution in [3.05, 3.63) is 65.5 Å². The molecule has 2 amide bonds. The average molecular weight is 400 g/mol. The van der Waals surface area contributed by atoms with Gasteiger partial charge in [-0.15, -0.1) is 0 Å². The molecule has 7 heteroatoms. The zero-order valence-corrected chi connectivity index (χ0v) is 16.5. The van der Waals surface area contributed by atoms with Crippen LogP contribution in [0.25, 0.3) is 0 Å². The van der Waals surface area contributed by atoms with E-state index in [0.29, 0.717) is 29.4 Å². The molecule has 0 heterocycles. The Hall–Kier alpha value is -3.22. The molecular weight excluding hydrogens is 375 g/mol. The summed E-state index contributed by atoms with van der Waals surface area (Å²) in [6.45, 7) is 4.84. The summed E-state index contributed by atoms with van der Waals surface area (Å²) in [5, 5.41) is 0. The number of nitrogens with one attached hydrogen (secondary N) is 2. The first-order chi connectivity index (χ1) is 13.8. The molecule has 0 unspecified atom stereocenters. The van der Waals surface area contributed by atoms with Gasteiger partial charge in [-0.1, -0.05) is 13.8 Å². The van der Waals surface area contributed by atoms with Gasteiger partial charge in [0.15, 0.2) is 5.78 Å². The fourth-order valence-corrected chi connectivity index (χ4v) is 2.38. The van der Waals surface area contributed by atoms with Gasteiger partial charge in [-0.25, -0.2) is 4.39 Å². The number of hydrazine groups is 1. The molecule has 0 aliphatic heterocycles. The Labute approximate surface area is 169 Å². The zero-order valence-electron chi connectivity index (χ0n) is 16.5. The van der Waals surface area contributed by atoms with Crippen LogP contribution in [0.3, 0.4) is 0 Å². The molecule has 0 aromatic heterocycles. The van der Waals surface area contributed by atoms with E-state index in [1.807, 2.05) is 0 Å². The van der Waals surface area contributed by atoms with Gasteiger partial charge in [0.05, 0.1) is 6.61 Å². The molecule has 0 saturated carbocycles. The average Bonchev–Trinajstić information content (AvgIpc) is 2.71. The van der Waals surface area contributed by atoms with Crippen LogP contribution in [-0.4, -0.2) is 24.2 Å². The van der Waals surface area contributed by atoms with Crippen LogP contribution in [-0.2, 0) is 4.79 Å². The van der Waals surface area contributed by atoms with Crippen LogP contribution in [0.4, 0.5) is 4.39 Å². The van der Waals surface area contributed by atoms with Crippen molar-refractivity contribution in [2.75, 3.05) is 6.61 Å². The third kappa shape index (κ3) is 7.73. The highest BCUT2D eigenvalue weighted by Gasteiger charge is 2.11. The Morgan fingerprint density at radius 2 is 1.52 bits per heavy atom. The predicted octanol–water partition coefficient (Wildman–Crippen LogP) is 3.67. The Balaban J connectivity index is 1.73. The highest BCUT2D eigenvalue weighted by atomic mass is 19.1. The van der Waals surface area contributed by atoms with Crippen molar-refractivity contribution in [1.29, 1.82) is 0 Å². The van der Waals surface area contributed by atoms with Crippen molar-refractivity contribution < 1.29 is 23.5 Å². The number of rotatable bonds is 9. The molecule has 0 fully saturated rings. The molecule has 154 valence electrons. The van der Waals surface area contributed by atoms with E-state index >= 15 is 0 Å². The Kier molecular flexibility index (Phi) is 8.33. The maximum atomic E-state index is 12.9. The smallest absolute Gasteiger partial charge is 0.269 e. The number of ketones is 1. The summed E-state index contributed by atoms with van der Waals surface area (Å²) in [5.74, 6) is -0.462. The van der Waals surface area contributed by atoms with Crippen molar-refractivity contribution in [2.24, 2.45) is 5.92 Å². The van der Waals surface area contributed by atoms with Crippen molar-refractivity contribution in [3.8, 4) is 5.75 Å². The highest BCUT2D eigenvalue weighted by Crippen LogP contribution is 2.13. The molecule has 0 aliphatic rings. The van der Waals surface area contributed by atoms with E-state index in [1.165, 1.54) is 24.3 Å². The number of hydrogen-bond acceptors (Lipinski definition) is 4. The fraction of sp³-hybridized carbons (Fsp3) is 0.318. The Morgan fingerprint density at radius 3 is 2.14 bits per heavy atom. The first kappa shape index (κ1) is 22.1. The first-order valence-corrected chi connectivity index (χ1v) is 9.46. The molecular formula is C22H25FN2O4. The number of halogens is 1. The maximum absolute atomic E-state index is 12.9. The third-order valence-corrected chi connectivity index (χ3v) is 4.14. The minimum atomic E-state index is -0.498. The lowest BCUT2D eigenvalue weighted by molar-refractivity contribution is -0.121. The van der Waals surface area contributed by atoms with E-state index in [-0.39, 0.29) is 18.6 Å². The van der Waals surface area contributed by atoms with E-state index in [4.69, 9.17) is 4.74 Å². The molecule has 0 aliphatic carbocycles. The number of carbonyl (C=O) groups excluding carboxylic acids is 3. The molecule has 2 N–H and O–H groups in total. The van der Waals surface area contributed by atoms with Gasteiger partial charge in [-0.05, 0) is 60.9 Å². The highest BCUT2D eigenvalue weighted by molar-refractivity contribution is 5.98. The molecule has 0 spiro atoms. The summed E-state index contributed by atoms with van der Waals surface area (Å²) in [5.41, 5.74) is 5.28. The number of carbonyl (C=O) groups is 3. The van der Waals surface area contributed by atoms with Gasteiger partial charge in [0.2, 0.25) is 5.91 Å². The molecule has 29 heavy (non-hydrogen) atoms. The fourth-order valence-electron chi connectivity index (χ4n) is 2.38. The van der Waals surface area contributed by atoms with E-state index in [2.05, 4.69) is 24.7 Å². The van der Waals surface area contributed by atoms with Crippen LogP contribution in [0.15, 0.2) is 48.5 Å². The standard InChI is InChI=1S/C22H25FN2O4/c1-15(2)13-14-29-19-9-5-17(6-10-19)22(28)25-24-21(27)12-11-20(26)16-3-7-18(23)8-4-16/h3-10,15H,11-14H2,1-2H3,(H,24,27)(H,25,28). The van der Waals surface area contributed by atoms with E-state index in [9.17, 15) is 18.8 Å². The molecule has 6 nitrogen and oxygen atoms in total. The third-order valence-electron chi connectivity index (χ3n) is 4.14. The first-order valence-electron chi connectivity index (χ1n) is 9.46. The number of Topliss-reactive ketones (excluding diaryl/α,β-unsaturated/α-hetero) is 1. The minimum Gasteiger partial charge on any atom is -0.494 e. The maximum Gasteiger partial charge on any atom is 0.269 e. The van der Waals surface area contributed by atoms with Gasteiger partial charge < -0.3 is 4.74 Å². The second-order valence-corrected chi connectivity index (χ2v) is 6.99. The lowest BCUT2D eigenvalue weighted by Gasteiger charge is -2.10. The molecule has 0 saturated heterocycles. The van der Waals surface area contributed by atoms with Crippen molar-refractivity contribution in [1.82, 2.24) is 10.9 Å². The Morgan fingerprint density at radius 1 is 0.897 bits per heavy atom. The number of hydrogen-bond donors (Lipinski definition) is 2. The second-order valence-electron chi connectivity index (χ2n) is 6.99. The number of ether oxygens (including phenoxy) is 1. The molecule has 0 atom stereocenters. The predicted molar refractivity (Wildman–Crippen MR) is 107 cm³/mol. The van der Waals surface area contributed by atoms with Crippen molar-refractivity contribution in [2.45, 2.75) is 33.1 Å². The van der Waals surface area contributed by atoms with Crippen molar-refractivity contribution >= 4 is 17.6 Å². The Bertz CT molecular complexity index is 833. The van der Waals surface area contributed by atoms with E-state index < -0.39 is 17.6 Å². The van der Waals surface area contributed by atoms with Crippen LogP contribution in [0, 0.1) is 11.7 Å². The van der Waals surface area contributed by atoms with Gasteiger partial charge >= 0.3 is 0 Å². The largest absolute Gasteiger partial charge is 0.494 e.